The first kappa shape index (κ1) is 14.7. The Morgan fingerprint density at radius 2 is 1.83 bits per heavy atom. The Hall–Kier alpha value is -1.35. The fourth-order valence-corrected chi connectivity index (χ4v) is 1.44. The molecule has 3 N–H and O–H groups in total. The van der Waals surface area contributed by atoms with Crippen molar-refractivity contribution in [2.75, 3.05) is 6.54 Å². The predicted octanol–water partition coefficient (Wildman–Crippen LogP) is 2.48. The molecule has 0 aliphatic rings. The van der Waals surface area contributed by atoms with Gasteiger partial charge in [-0.2, -0.15) is 0 Å². The zero-order chi connectivity index (χ0) is 13.8. The summed E-state index contributed by atoms with van der Waals surface area (Å²) >= 11 is 0. The van der Waals surface area contributed by atoms with E-state index in [1.165, 1.54) is 0 Å². The first-order chi connectivity index (χ1) is 8.34. The molecule has 0 aliphatic carbocycles. The van der Waals surface area contributed by atoms with Crippen molar-refractivity contribution in [3.8, 4) is 0 Å². The number of carbonyl (C=O) groups is 1. The van der Waals surface area contributed by atoms with E-state index in [4.69, 9.17) is 5.73 Å². The van der Waals surface area contributed by atoms with Gasteiger partial charge in [-0.3, -0.25) is 4.79 Å². The lowest BCUT2D eigenvalue weighted by molar-refractivity contribution is -0.123. The molecule has 1 atom stereocenters. The van der Waals surface area contributed by atoms with E-state index in [9.17, 15) is 4.79 Å². The number of amides is 1. The molecular weight excluding hydrogens is 224 g/mol. The molecule has 0 heterocycles. The second-order valence-corrected chi connectivity index (χ2v) is 5.75. The quantitative estimate of drug-likeness (QED) is 0.841. The maximum absolute atomic E-state index is 12.0. The van der Waals surface area contributed by atoms with Crippen molar-refractivity contribution in [2.45, 2.75) is 33.7 Å². The molecule has 1 aromatic rings. The van der Waals surface area contributed by atoms with Gasteiger partial charge in [-0.1, -0.05) is 58.0 Å². The Balaban J connectivity index is 2.57. The van der Waals surface area contributed by atoms with E-state index in [1.807, 2.05) is 30.3 Å². The number of nitrogens with two attached hydrogens (primary N) is 1. The third-order valence-electron chi connectivity index (χ3n) is 3.72. The number of nitrogens with one attached hydrogen (secondary N) is 1. The van der Waals surface area contributed by atoms with Crippen LogP contribution in [0.1, 0.15) is 39.3 Å². The van der Waals surface area contributed by atoms with E-state index >= 15 is 0 Å². The number of rotatable bonds is 5. The van der Waals surface area contributed by atoms with Crippen molar-refractivity contribution in [3.05, 3.63) is 35.9 Å². The standard InChI is InChI=1S/C15H24N2O/c1-11(2)15(3,4)10-17-14(18)13(16)12-8-6-5-7-9-12/h5-9,11,13H,10,16H2,1-4H3,(H,17,18)/t13-/m0/s1. The van der Waals surface area contributed by atoms with Gasteiger partial charge in [-0.25, -0.2) is 0 Å². The molecule has 0 aromatic heterocycles. The average Bonchev–Trinajstić information content (AvgIpc) is 2.36. The molecule has 0 saturated heterocycles. The highest BCUT2D eigenvalue weighted by atomic mass is 16.2. The first-order valence-corrected chi connectivity index (χ1v) is 6.43. The van der Waals surface area contributed by atoms with Gasteiger partial charge in [0.15, 0.2) is 0 Å². The van der Waals surface area contributed by atoms with Crippen molar-refractivity contribution >= 4 is 5.91 Å². The minimum absolute atomic E-state index is 0.0755. The van der Waals surface area contributed by atoms with Crippen LogP contribution in [0.5, 0.6) is 0 Å². The average molecular weight is 248 g/mol. The summed E-state index contributed by atoms with van der Waals surface area (Å²) in [6.07, 6.45) is 0. The lowest BCUT2D eigenvalue weighted by Gasteiger charge is -2.29. The Morgan fingerprint density at radius 3 is 2.33 bits per heavy atom. The monoisotopic (exact) mass is 248 g/mol. The highest BCUT2D eigenvalue weighted by molar-refractivity contribution is 5.82. The van der Waals surface area contributed by atoms with Crippen molar-refractivity contribution in [2.24, 2.45) is 17.1 Å². The van der Waals surface area contributed by atoms with Gasteiger partial charge in [0.05, 0.1) is 0 Å². The summed E-state index contributed by atoms with van der Waals surface area (Å²) in [5.74, 6) is 0.390. The molecule has 1 rings (SSSR count). The largest absolute Gasteiger partial charge is 0.354 e. The number of carbonyl (C=O) groups excluding carboxylic acids is 1. The van der Waals surface area contributed by atoms with Gasteiger partial charge in [0.1, 0.15) is 6.04 Å². The number of hydrogen-bond acceptors (Lipinski definition) is 2. The molecular formula is C15H24N2O. The Kier molecular flexibility index (Phi) is 4.91. The Labute approximate surface area is 110 Å². The molecule has 0 aliphatic heterocycles. The zero-order valence-corrected chi connectivity index (χ0v) is 11.7. The third kappa shape index (κ3) is 3.84. The van der Waals surface area contributed by atoms with Crippen LogP contribution in [0.25, 0.3) is 0 Å². The molecule has 0 fully saturated rings. The fourth-order valence-electron chi connectivity index (χ4n) is 1.44. The molecule has 0 spiro atoms. The second kappa shape index (κ2) is 6.01. The van der Waals surface area contributed by atoms with Crippen LogP contribution in [0.4, 0.5) is 0 Å². The molecule has 3 heteroatoms. The number of benzene rings is 1. The van der Waals surface area contributed by atoms with Gasteiger partial charge >= 0.3 is 0 Å². The molecule has 0 radical (unpaired) electrons. The van der Waals surface area contributed by atoms with Crippen LogP contribution in [0.15, 0.2) is 30.3 Å². The van der Waals surface area contributed by atoms with E-state index in [0.29, 0.717) is 12.5 Å². The summed E-state index contributed by atoms with van der Waals surface area (Å²) in [6, 6.07) is 8.85. The summed E-state index contributed by atoms with van der Waals surface area (Å²) in [4.78, 5) is 12.0. The van der Waals surface area contributed by atoms with E-state index in [0.717, 1.165) is 5.56 Å². The molecule has 0 bridgehead atoms. The molecule has 0 unspecified atom stereocenters. The summed E-state index contributed by atoms with van der Waals surface area (Å²) < 4.78 is 0. The van der Waals surface area contributed by atoms with Gasteiger partial charge in [0.2, 0.25) is 5.91 Å². The van der Waals surface area contributed by atoms with Crippen molar-refractivity contribution < 1.29 is 4.79 Å². The summed E-state index contributed by atoms with van der Waals surface area (Å²) in [7, 11) is 0. The molecule has 3 nitrogen and oxygen atoms in total. The number of hydrogen-bond donors (Lipinski definition) is 2. The zero-order valence-electron chi connectivity index (χ0n) is 11.7. The SMILES string of the molecule is CC(C)C(C)(C)CNC(=O)[C@@H](N)c1ccccc1. The van der Waals surface area contributed by atoms with Gasteiger partial charge in [0.25, 0.3) is 0 Å². The third-order valence-corrected chi connectivity index (χ3v) is 3.72. The Bertz CT molecular complexity index is 385. The van der Waals surface area contributed by atoms with Crippen LogP contribution in [-0.4, -0.2) is 12.5 Å². The topological polar surface area (TPSA) is 55.1 Å². The highest BCUT2D eigenvalue weighted by Crippen LogP contribution is 2.24. The molecule has 1 amide bonds. The van der Waals surface area contributed by atoms with Gasteiger partial charge < -0.3 is 11.1 Å². The lowest BCUT2D eigenvalue weighted by atomic mass is 9.81. The van der Waals surface area contributed by atoms with E-state index in [1.54, 1.807) is 0 Å². The predicted molar refractivity (Wildman–Crippen MR) is 75.0 cm³/mol. The van der Waals surface area contributed by atoms with Gasteiger partial charge in [-0.15, -0.1) is 0 Å². The van der Waals surface area contributed by atoms with Crippen LogP contribution in [0, 0.1) is 11.3 Å². The normalized spacial score (nSPS) is 13.4. The smallest absolute Gasteiger partial charge is 0.241 e. The lowest BCUT2D eigenvalue weighted by Crippen LogP contribution is -2.41. The van der Waals surface area contributed by atoms with Gasteiger partial charge in [-0.05, 0) is 16.9 Å². The molecule has 100 valence electrons. The van der Waals surface area contributed by atoms with Gasteiger partial charge in [0, 0.05) is 6.54 Å². The summed E-state index contributed by atoms with van der Waals surface area (Å²) in [6.45, 7) is 9.24. The first-order valence-electron chi connectivity index (χ1n) is 6.43. The minimum atomic E-state index is -0.589. The molecule has 0 saturated carbocycles. The van der Waals surface area contributed by atoms with Crippen LogP contribution in [-0.2, 0) is 4.79 Å². The highest BCUT2D eigenvalue weighted by Gasteiger charge is 2.24. The van der Waals surface area contributed by atoms with Crippen LogP contribution in [0.2, 0.25) is 0 Å². The van der Waals surface area contributed by atoms with Crippen LogP contribution in [0.3, 0.4) is 0 Å². The van der Waals surface area contributed by atoms with Crippen LogP contribution < -0.4 is 11.1 Å². The molecule has 18 heavy (non-hydrogen) atoms. The van der Waals surface area contributed by atoms with Crippen molar-refractivity contribution in [1.82, 2.24) is 5.32 Å². The van der Waals surface area contributed by atoms with E-state index in [-0.39, 0.29) is 11.3 Å². The van der Waals surface area contributed by atoms with Crippen molar-refractivity contribution in [3.63, 3.8) is 0 Å². The minimum Gasteiger partial charge on any atom is -0.354 e. The van der Waals surface area contributed by atoms with E-state index in [2.05, 4.69) is 33.0 Å². The summed E-state index contributed by atoms with van der Waals surface area (Å²) in [5.41, 5.74) is 6.85. The van der Waals surface area contributed by atoms with Crippen LogP contribution >= 0.6 is 0 Å². The van der Waals surface area contributed by atoms with Crippen molar-refractivity contribution in [1.29, 1.82) is 0 Å². The van der Waals surface area contributed by atoms with E-state index < -0.39 is 6.04 Å². The molecule has 1 aromatic carbocycles. The maximum Gasteiger partial charge on any atom is 0.241 e. The Morgan fingerprint density at radius 1 is 1.28 bits per heavy atom. The fraction of sp³-hybridized carbons (Fsp3) is 0.533. The maximum atomic E-state index is 12.0. The summed E-state index contributed by atoms with van der Waals surface area (Å²) in [5, 5.41) is 2.94. The second-order valence-electron chi connectivity index (χ2n) is 5.75.